The average molecular weight is 235 g/mol. The molecule has 0 aliphatic carbocycles. The Labute approximate surface area is 94.5 Å². The lowest BCUT2D eigenvalue weighted by molar-refractivity contribution is 1.40. The second kappa shape index (κ2) is 6.23. The fourth-order valence-corrected chi connectivity index (χ4v) is 0.829. The maximum Gasteiger partial charge on any atom is 0.122 e. The molecule has 1 aromatic rings. The normalized spacial score (nSPS) is 8.00. The van der Waals surface area contributed by atoms with E-state index in [0.717, 1.165) is 0 Å². The van der Waals surface area contributed by atoms with Crippen LogP contribution in [0.4, 0.5) is 0 Å². The van der Waals surface area contributed by atoms with Gasteiger partial charge in [-0.25, -0.2) is 0 Å². The Kier molecular flexibility index (Phi) is 6.78. The van der Waals surface area contributed by atoms with E-state index in [1.807, 2.05) is 0 Å². The summed E-state index contributed by atoms with van der Waals surface area (Å²) in [6.45, 7) is 0. The second-order valence-corrected chi connectivity index (χ2v) is 2.40. The molecule has 0 aliphatic heterocycles. The van der Waals surface area contributed by atoms with Crippen LogP contribution < -0.4 is 11.5 Å². The van der Waals surface area contributed by atoms with Crippen molar-refractivity contribution < 1.29 is 0 Å². The summed E-state index contributed by atoms with van der Waals surface area (Å²) >= 11 is 0. The third kappa shape index (κ3) is 3.64. The van der Waals surface area contributed by atoms with Crippen molar-refractivity contribution >= 4 is 36.5 Å². The fraction of sp³-hybridized carbons (Fsp3) is 0. The van der Waals surface area contributed by atoms with Crippen molar-refractivity contribution in [2.24, 2.45) is 11.5 Å². The number of nitrogens with one attached hydrogen (secondary N) is 2. The lowest BCUT2D eigenvalue weighted by Crippen LogP contribution is -2.13. The smallest absolute Gasteiger partial charge is 0.122 e. The van der Waals surface area contributed by atoms with Crippen LogP contribution >= 0.6 is 24.8 Å². The van der Waals surface area contributed by atoms with Crippen LogP contribution in [0.25, 0.3) is 0 Å². The number of hydrogen-bond donors (Lipinski definition) is 4. The zero-order valence-corrected chi connectivity index (χ0v) is 8.91. The SMILES string of the molecule is Cl.Cl.N=C(N)c1ccc(C(=N)N)cc1. The van der Waals surface area contributed by atoms with Gasteiger partial charge in [-0.3, -0.25) is 10.8 Å². The molecule has 0 aliphatic rings. The molecule has 6 heteroatoms. The third-order valence-electron chi connectivity index (χ3n) is 1.51. The molecule has 0 unspecified atom stereocenters. The Morgan fingerprint density at radius 1 is 0.786 bits per heavy atom. The van der Waals surface area contributed by atoms with E-state index in [-0.39, 0.29) is 36.5 Å². The van der Waals surface area contributed by atoms with Crippen LogP contribution in [0.1, 0.15) is 11.1 Å². The minimum atomic E-state index is 0. The van der Waals surface area contributed by atoms with Crippen LogP contribution in [0.15, 0.2) is 24.3 Å². The molecule has 0 aromatic heterocycles. The zero-order valence-electron chi connectivity index (χ0n) is 7.28. The minimum absolute atomic E-state index is 0. The van der Waals surface area contributed by atoms with Crippen LogP contribution in [0, 0.1) is 10.8 Å². The first kappa shape index (κ1) is 15.2. The van der Waals surface area contributed by atoms with Gasteiger partial charge >= 0.3 is 0 Å². The highest BCUT2D eigenvalue weighted by molar-refractivity contribution is 5.98. The van der Waals surface area contributed by atoms with Crippen LogP contribution in [-0.4, -0.2) is 11.7 Å². The highest BCUT2D eigenvalue weighted by Gasteiger charge is 1.97. The van der Waals surface area contributed by atoms with E-state index >= 15 is 0 Å². The summed E-state index contributed by atoms with van der Waals surface area (Å²) in [5.41, 5.74) is 11.8. The summed E-state index contributed by atoms with van der Waals surface area (Å²) in [5.74, 6) is 0.0372. The number of amidine groups is 2. The largest absolute Gasteiger partial charge is 0.384 e. The summed E-state index contributed by atoms with van der Waals surface area (Å²) in [5, 5.41) is 14.2. The molecular formula is C8H12Cl2N4. The minimum Gasteiger partial charge on any atom is -0.384 e. The Balaban J connectivity index is 0. The molecule has 0 amide bonds. The Morgan fingerprint density at radius 2 is 1.00 bits per heavy atom. The average Bonchev–Trinajstić information content (AvgIpc) is 2.04. The van der Waals surface area contributed by atoms with Gasteiger partial charge < -0.3 is 11.5 Å². The van der Waals surface area contributed by atoms with E-state index in [9.17, 15) is 0 Å². The molecule has 1 aromatic carbocycles. The maximum atomic E-state index is 7.11. The summed E-state index contributed by atoms with van der Waals surface area (Å²) in [6, 6.07) is 6.66. The van der Waals surface area contributed by atoms with Crippen LogP contribution in [0.2, 0.25) is 0 Å². The van der Waals surface area contributed by atoms with Crippen molar-refractivity contribution in [1.29, 1.82) is 10.8 Å². The van der Waals surface area contributed by atoms with Gasteiger partial charge in [0.2, 0.25) is 0 Å². The molecule has 1 rings (SSSR count). The van der Waals surface area contributed by atoms with E-state index in [0.29, 0.717) is 11.1 Å². The highest BCUT2D eigenvalue weighted by atomic mass is 35.5. The molecular weight excluding hydrogens is 223 g/mol. The number of hydrogen-bond acceptors (Lipinski definition) is 2. The van der Waals surface area contributed by atoms with E-state index in [1.54, 1.807) is 24.3 Å². The topological polar surface area (TPSA) is 99.7 Å². The molecule has 0 heterocycles. The third-order valence-corrected chi connectivity index (χ3v) is 1.51. The number of benzene rings is 1. The standard InChI is InChI=1S/C8H10N4.2ClH/c9-7(10)5-1-2-6(4-3-5)8(11)12;;/h1-4H,(H3,9,10)(H3,11,12);2*1H. The predicted octanol–water partition coefficient (Wildman–Crippen LogP) is 1.10. The van der Waals surface area contributed by atoms with E-state index in [1.165, 1.54) is 0 Å². The van der Waals surface area contributed by atoms with Crippen LogP contribution in [0.3, 0.4) is 0 Å². The highest BCUT2D eigenvalue weighted by Crippen LogP contribution is 2.02. The summed E-state index contributed by atoms with van der Waals surface area (Å²) in [7, 11) is 0. The van der Waals surface area contributed by atoms with Gasteiger partial charge in [0.1, 0.15) is 11.7 Å². The van der Waals surface area contributed by atoms with Gasteiger partial charge in [0.05, 0.1) is 0 Å². The van der Waals surface area contributed by atoms with E-state index < -0.39 is 0 Å². The van der Waals surface area contributed by atoms with Crippen LogP contribution in [-0.2, 0) is 0 Å². The first-order valence-electron chi connectivity index (χ1n) is 3.40. The lowest BCUT2D eigenvalue weighted by Gasteiger charge is -1.99. The van der Waals surface area contributed by atoms with Gasteiger partial charge in [-0.1, -0.05) is 24.3 Å². The van der Waals surface area contributed by atoms with Crippen molar-refractivity contribution in [3.63, 3.8) is 0 Å². The Bertz CT molecular complexity index is 288. The van der Waals surface area contributed by atoms with Gasteiger partial charge in [-0.15, -0.1) is 24.8 Å². The van der Waals surface area contributed by atoms with E-state index in [2.05, 4.69) is 0 Å². The van der Waals surface area contributed by atoms with Gasteiger partial charge in [0.25, 0.3) is 0 Å². The van der Waals surface area contributed by atoms with Crippen molar-refractivity contribution in [3.8, 4) is 0 Å². The molecule has 14 heavy (non-hydrogen) atoms. The summed E-state index contributed by atoms with van der Waals surface area (Å²) in [4.78, 5) is 0. The zero-order chi connectivity index (χ0) is 9.14. The first-order valence-corrected chi connectivity index (χ1v) is 3.40. The van der Waals surface area contributed by atoms with Crippen molar-refractivity contribution in [2.45, 2.75) is 0 Å². The number of nitrogens with two attached hydrogens (primary N) is 2. The van der Waals surface area contributed by atoms with Crippen molar-refractivity contribution in [1.82, 2.24) is 0 Å². The summed E-state index contributed by atoms with van der Waals surface area (Å²) in [6.07, 6.45) is 0. The van der Waals surface area contributed by atoms with Gasteiger partial charge in [-0.05, 0) is 0 Å². The monoisotopic (exact) mass is 234 g/mol. The quantitative estimate of drug-likeness (QED) is 0.455. The Hall–Kier alpha value is -1.26. The summed E-state index contributed by atoms with van der Waals surface area (Å²) < 4.78 is 0. The molecule has 0 radical (unpaired) electrons. The number of nitrogen functional groups attached to an aromatic ring is 2. The molecule has 6 N–H and O–H groups in total. The van der Waals surface area contributed by atoms with Crippen molar-refractivity contribution in [2.75, 3.05) is 0 Å². The van der Waals surface area contributed by atoms with Gasteiger partial charge in [-0.2, -0.15) is 0 Å². The molecule has 0 saturated heterocycles. The Morgan fingerprint density at radius 3 is 1.14 bits per heavy atom. The van der Waals surface area contributed by atoms with Gasteiger partial charge in [0.15, 0.2) is 0 Å². The number of rotatable bonds is 2. The van der Waals surface area contributed by atoms with Crippen molar-refractivity contribution in [3.05, 3.63) is 35.4 Å². The molecule has 0 bridgehead atoms. The van der Waals surface area contributed by atoms with E-state index in [4.69, 9.17) is 22.3 Å². The van der Waals surface area contributed by atoms with Crippen LogP contribution in [0.5, 0.6) is 0 Å². The molecule has 0 spiro atoms. The van der Waals surface area contributed by atoms with Gasteiger partial charge in [0, 0.05) is 11.1 Å². The maximum absolute atomic E-state index is 7.11. The molecule has 0 atom stereocenters. The first-order chi connectivity index (χ1) is 5.61. The molecule has 0 saturated carbocycles. The molecule has 0 fully saturated rings. The molecule has 78 valence electrons. The predicted molar refractivity (Wildman–Crippen MR) is 63.0 cm³/mol. The molecule has 4 nitrogen and oxygen atoms in total. The number of halogens is 2. The fourth-order valence-electron chi connectivity index (χ4n) is 0.829. The lowest BCUT2D eigenvalue weighted by atomic mass is 10.1. The second-order valence-electron chi connectivity index (χ2n) is 2.40.